The molecule has 0 aliphatic rings. The number of amides is 1. The fourth-order valence-corrected chi connectivity index (χ4v) is 1.95. The van der Waals surface area contributed by atoms with Crippen LogP contribution in [0.5, 0.6) is 0 Å². The van der Waals surface area contributed by atoms with E-state index in [2.05, 4.69) is 15.5 Å². The van der Waals surface area contributed by atoms with Crippen LogP contribution in [0, 0.1) is 6.92 Å². The van der Waals surface area contributed by atoms with Gasteiger partial charge in [-0.2, -0.15) is 5.10 Å². The number of aryl methyl sites for hydroxylation is 1. The maximum Gasteiger partial charge on any atom is 0.233 e. The zero-order valence-corrected chi connectivity index (χ0v) is 10.6. The summed E-state index contributed by atoms with van der Waals surface area (Å²) in [6.07, 6.45) is 0.763. The molecule has 1 amide bonds. The highest BCUT2D eigenvalue weighted by Gasteiger charge is 2.19. The van der Waals surface area contributed by atoms with Gasteiger partial charge in [0, 0.05) is 11.8 Å². The van der Waals surface area contributed by atoms with Gasteiger partial charge in [0.2, 0.25) is 5.91 Å². The number of nitrogens with one attached hydrogen (secondary N) is 2. The number of aromatic amines is 1. The van der Waals surface area contributed by atoms with Gasteiger partial charge >= 0.3 is 0 Å². The third-order valence-electron chi connectivity index (χ3n) is 2.88. The Bertz CT molecular complexity index is 519. The van der Waals surface area contributed by atoms with Gasteiger partial charge in [-0.25, -0.2) is 0 Å². The second-order valence-electron chi connectivity index (χ2n) is 4.30. The van der Waals surface area contributed by atoms with E-state index in [1.807, 2.05) is 50.2 Å². The Morgan fingerprint density at radius 3 is 2.67 bits per heavy atom. The van der Waals surface area contributed by atoms with E-state index in [-0.39, 0.29) is 11.8 Å². The minimum absolute atomic E-state index is 0.0183. The number of aromatic nitrogens is 2. The predicted octanol–water partition coefficient (Wildman–Crippen LogP) is 2.85. The Morgan fingerprint density at radius 2 is 2.11 bits per heavy atom. The van der Waals surface area contributed by atoms with Crippen LogP contribution >= 0.6 is 0 Å². The number of carbonyl (C=O) groups excluding carboxylic acids is 1. The SMILES string of the molecule is CCC(C(=O)Nc1cc(C)[nH]n1)c1ccccc1. The number of hydrogen-bond acceptors (Lipinski definition) is 2. The lowest BCUT2D eigenvalue weighted by molar-refractivity contribution is -0.117. The summed E-state index contributed by atoms with van der Waals surface area (Å²) in [6, 6.07) is 11.6. The number of H-pyrrole nitrogens is 1. The molecule has 0 saturated heterocycles. The van der Waals surface area contributed by atoms with Crippen LogP contribution < -0.4 is 5.32 Å². The van der Waals surface area contributed by atoms with E-state index in [1.54, 1.807) is 0 Å². The van der Waals surface area contributed by atoms with E-state index < -0.39 is 0 Å². The summed E-state index contributed by atoms with van der Waals surface area (Å²) < 4.78 is 0. The number of hydrogen-bond donors (Lipinski definition) is 2. The maximum atomic E-state index is 12.2. The van der Waals surface area contributed by atoms with E-state index in [9.17, 15) is 4.79 Å². The summed E-state index contributed by atoms with van der Waals surface area (Å²) in [5, 5.41) is 9.65. The number of nitrogens with zero attached hydrogens (tertiary/aromatic N) is 1. The highest BCUT2D eigenvalue weighted by molar-refractivity contribution is 5.95. The molecule has 2 rings (SSSR count). The van der Waals surface area contributed by atoms with E-state index in [4.69, 9.17) is 0 Å². The average molecular weight is 243 g/mol. The summed E-state index contributed by atoms with van der Waals surface area (Å²) in [7, 11) is 0. The summed E-state index contributed by atoms with van der Waals surface area (Å²) in [5.74, 6) is 0.422. The molecule has 0 aliphatic heterocycles. The van der Waals surface area contributed by atoms with Gasteiger partial charge in [-0.05, 0) is 18.9 Å². The molecule has 4 nitrogen and oxygen atoms in total. The molecule has 2 aromatic rings. The molecule has 1 atom stereocenters. The van der Waals surface area contributed by atoms with E-state index in [0.717, 1.165) is 17.7 Å². The van der Waals surface area contributed by atoms with Crippen molar-refractivity contribution in [1.82, 2.24) is 10.2 Å². The monoisotopic (exact) mass is 243 g/mol. The third kappa shape index (κ3) is 2.77. The summed E-state index contributed by atoms with van der Waals surface area (Å²) in [5.41, 5.74) is 1.96. The van der Waals surface area contributed by atoms with Gasteiger partial charge in [0.25, 0.3) is 0 Å². The zero-order valence-electron chi connectivity index (χ0n) is 10.6. The Balaban J connectivity index is 2.11. The highest BCUT2D eigenvalue weighted by Crippen LogP contribution is 2.21. The Kier molecular flexibility index (Phi) is 3.77. The summed E-state index contributed by atoms with van der Waals surface area (Å²) in [4.78, 5) is 12.2. The van der Waals surface area contributed by atoms with Crippen molar-refractivity contribution in [2.75, 3.05) is 5.32 Å². The Hall–Kier alpha value is -2.10. The number of benzene rings is 1. The van der Waals surface area contributed by atoms with Crippen LogP contribution in [0.4, 0.5) is 5.82 Å². The first-order chi connectivity index (χ1) is 8.70. The van der Waals surface area contributed by atoms with Gasteiger partial charge in [0.1, 0.15) is 0 Å². The smallest absolute Gasteiger partial charge is 0.233 e. The molecule has 0 bridgehead atoms. The molecule has 0 spiro atoms. The lowest BCUT2D eigenvalue weighted by atomic mass is 9.96. The van der Waals surface area contributed by atoms with Crippen LogP contribution in [-0.2, 0) is 4.79 Å². The van der Waals surface area contributed by atoms with Crippen molar-refractivity contribution in [3.63, 3.8) is 0 Å². The largest absolute Gasteiger partial charge is 0.309 e. The lowest BCUT2D eigenvalue weighted by Gasteiger charge is -2.14. The molecule has 0 saturated carbocycles. The van der Waals surface area contributed by atoms with Crippen molar-refractivity contribution >= 4 is 11.7 Å². The fourth-order valence-electron chi connectivity index (χ4n) is 1.95. The lowest BCUT2D eigenvalue weighted by Crippen LogP contribution is -2.20. The average Bonchev–Trinajstić information content (AvgIpc) is 2.77. The number of carbonyl (C=O) groups is 1. The predicted molar refractivity (Wildman–Crippen MR) is 71.4 cm³/mol. The molecule has 0 fully saturated rings. The molecule has 0 aliphatic carbocycles. The van der Waals surface area contributed by atoms with Crippen molar-refractivity contribution in [1.29, 1.82) is 0 Å². The van der Waals surface area contributed by atoms with Crippen molar-refractivity contribution < 1.29 is 4.79 Å². The van der Waals surface area contributed by atoms with Gasteiger partial charge in [0.15, 0.2) is 5.82 Å². The first kappa shape index (κ1) is 12.4. The summed E-state index contributed by atoms with van der Waals surface area (Å²) >= 11 is 0. The topological polar surface area (TPSA) is 57.8 Å². The van der Waals surface area contributed by atoms with E-state index in [0.29, 0.717) is 5.82 Å². The normalized spacial score (nSPS) is 12.1. The zero-order chi connectivity index (χ0) is 13.0. The van der Waals surface area contributed by atoms with Crippen LogP contribution in [0.1, 0.15) is 30.5 Å². The van der Waals surface area contributed by atoms with Crippen LogP contribution in [0.3, 0.4) is 0 Å². The van der Waals surface area contributed by atoms with Gasteiger partial charge in [-0.3, -0.25) is 9.89 Å². The molecule has 1 unspecified atom stereocenters. The minimum Gasteiger partial charge on any atom is -0.309 e. The summed E-state index contributed by atoms with van der Waals surface area (Å²) in [6.45, 7) is 3.91. The molecule has 1 aromatic carbocycles. The highest BCUT2D eigenvalue weighted by atomic mass is 16.1. The van der Waals surface area contributed by atoms with Crippen molar-refractivity contribution in [2.45, 2.75) is 26.2 Å². The Morgan fingerprint density at radius 1 is 1.39 bits per heavy atom. The molecular weight excluding hydrogens is 226 g/mol. The van der Waals surface area contributed by atoms with Gasteiger partial charge in [0.05, 0.1) is 5.92 Å². The van der Waals surface area contributed by atoms with Gasteiger partial charge < -0.3 is 5.32 Å². The molecule has 18 heavy (non-hydrogen) atoms. The van der Waals surface area contributed by atoms with Crippen LogP contribution in [0.25, 0.3) is 0 Å². The quantitative estimate of drug-likeness (QED) is 0.867. The maximum absolute atomic E-state index is 12.2. The molecule has 1 heterocycles. The third-order valence-corrected chi connectivity index (χ3v) is 2.88. The molecular formula is C14H17N3O. The van der Waals surface area contributed by atoms with Crippen molar-refractivity contribution in [3.8, 4) is 0 Å². The molecule has 1 aromatic heterocycles. The second kappa shape index (κ2) is 5.49. The standard InChI is InChI=1S/C14H17N3O/c1-3-12(11-7-5-4-6-8-11)14(18)15-13-9-10(2)16-17-13/h4-9,12H,3H2,1-2H3,(H2,15,16,17,18). The molecule has 4 heteroatoms. The second-order valence-corrected chi connectivity index (χ2v) is 4.30. The van der Waals surface area contributed by atoms with Crippen LogP contribution in [0.15, 0.2) is 36.4 Å². The fraction of sp³-hybridized carbons (Fsp3) is 0.286. The van der Waals surface area contributed by atoms with Crippen LogP contribution in [-0.4, -0.2) is 16.1 Å². The van der Waals surface area contributed by atoms with Gasteiger partial charge in [-0.15, -0.1) is 0 Å². The van der Waals surface area contributed by atoms with E-state index in [1.165, 1.54) is 0 Å². The van der Waals surface area contributed by atoms with Crippen molar-refractivity contribution in [2.24, 2.45) is 0 Å². The first-order valence-corrected chi connectivity index (χ1v) is 6.08. The van der Waals surface area contributed by atoms with Gasteiger partial charge in [-0.1, -0.05) is 37.3 Å². The first-order valence-electron chi connectivity index (χ1n) is 6.08. The Labute approximate surface area is 106 Å². The number of rotatable bonds is 4. The van der Waals surface area contributed by atoms with E-state index >= 15 is 0 Å². The number of anilines is 1. The molecule has 0 radical (unpaired) electrons. The minimum atomic E-state index is -0.136. The molecule has 2 N–H and O–H groups in total. The molecule has 94 valence electrons. The van der Waals surface area contributed by atoms with Crippen molar-refractivity contribution in [3.05, 3.63) is 47.7 Å². The van der Waals surface area contributed by atoms with Crippen LogP contribution in [0.2, 0.25) is 0 Å².